The van der Waals surface area contributed by atoms with Crippen LogP contribution in [-0.2, 0) is 14.9 Å². The standard InChI is InChI=1S/C14H19NO2.ClH/c1-15(2)10-12-9-14(12,13(16)17-3)11-7-5-4-6-8-11;/h4-8,12H,9-10H2,1-3H3;1H. The Balaban J connectivity index is 0.00000162. The molecule has 2 rings (SSSR count). The number of halogens is 1. The van der Waals surface area contributed by atoms with Crippen molar-refractivity contribution in [3.8, 4) is 0 Å². The summed E-state index contributed by atoms with van der Waals surface area (Å²) in [6.07, 6.45) is 0.912. The van der Waals surface area contributed by atoms with E-state index in [4.69, 9.17) is 4.74 Å². The van der Waals surface area contributed by atoms with Gasteiger partial charge in [-0.15, -0.1) is 0 Å². The van der Waals surface area contributed by atoms with Crippen molar-refractivity contribution in [2.45, 2.75) is 11.8 Å². The number of hydrogen-bond acceptors (Lipinski definition) is 2. The Kier molecular flexibility index (Phi) is 4.77. The van der Waals surface area contributed by atoms with Gasteiger partial charge < -0.3 is 22.0 Å². The molecule has 4 heteroatoms. The van der Waals surface area contributed by atoms with Gasteiger partial charge >= 0.3 is 5.97 Å². The lowest BCUT2D eigenvalue weighted by Crippen LogP contribution is -3.06. The topological polar surface area (TPSA) is 30.7 Å². The Bertz CT molecular complexity index is 408. The highest BCUT2D eigenvalue weighted by molar-refractivity contribution is 5.87. The maximum Gasteiger partial charge on any atom is 0.316 e. The predicted octanol–water partition coefficient (Wildman–Crippen LogP) is -2.73. The number of benzene rings is 1. The Hall–Kier alpha value is -1.06. The lowest BCUT2D eigenvalue weighted by atomic mass is 9.93. The van der Waals surface area contributed by atoms with Crippen molar-refractivity contribution in [2.24, 2.45) is 5.92 Å². The van der Waals surface area contributed by atoms with Crippen LogP contribution in [0.4, 0.5) is 0 Å². The van der Waals surface area contributed by atoms with Crippen LogP contribution in [0.5, 0.6) is 0 Å². The zero-order valence-electron chi connectivity index (χ0n) is 11.1. The third-order valence-electron chi connectivity index (χ3n) is 3.60. The second-order valence-electron chi connectivity index (χ2n) is 5.14. The lowest BCUT2D eigenvalue weighted by Gasteiger charge is -2.16. The van der Waals surface area contributed by atoms with Crippen molar-refractivity contribution in [3.05, 3.63) is 35.9 Å². The van der Waals surface area contributed by atoms with Crippen molar-refractivity contribution >= 4 is 5.97 Å². The van der Waals surface area contributed by atoms with E-state index in [1.165, 1.54) is 12.0 Å². The van der Waals surface area contributed by atoms with Gasteiger partial charge in [-0.1, -0.05) is 30.3 Å². The van der Waals surface area contributed by atoms with Crippen molar-refractivity contribution in [3.63, 3.8) is 0 Å². The quantitative estimate of drug-likeness (QED) is 0.602. The van der Waals surface area contributed by atoms with Gasteiger partial charge in [0.05, 0.1) is 27.7 Å². The van der Waals surface area contributed by atoms with Crippen LogP contribution in [0.1, 0.15) is 12.0 Å². The molecule has 1 aromatic carbocycles. The van der Waals surface area contributed by atoms with Crippen molar-refractivity contribution in [1.82, 2.24) is 0 Å². The van der Waals surface area contributed by atoms with Gasteiger partial charge in [-0.2, -0.15) is 0 Å². The van der Waals surface area contributed by atoms with E-state index in [1.54, 1.807) is 0 Å². The van der Waals surface area contributed by atoms with E-state index >= 15 is 0 Å². The predicted molar refractivity (Wildman–Crippen MR) is 65.9 cm³/mol. The highest BCUT2D eigenvalue weighted by atomic mass is 35.5. The molecule has 0 spiro atoms. The molecule has 0 heterocycles. The molecule has 1 aromatic rings. The largest absolute Gasteiger partial charge is 1.00 e. The molecule has 0 aliphatic heterocycles. The Morgan fingerprint density at radius 3 is 2.50 bits per heavy atom. The molecule has 1 N–H and O–H groups in total. The van der Waals surface area contributed by atoms with Crippen LogP contribution in [0.15, 0.2) is 30.3 Å². The van der Waals surface area contributed by atoms with Gasteiger partial charge in [0.15, 0.2) is 0 Å². The molecule has 1 saturated carbocycles. The summed E-state index contributed by atoms with van der Waals surface area (Å²) in [5.41, 5.74) is 0.714. The first kappa shape index (κ1) is 15.0. The fraction of sp³-hybridized carbons (Fsp3) is 0.500. The molecule has 0 aromatic heterocycles. The zero-order chi connectivity index (χ0) is 12.5. The van der Waals surface area contributed by atoms with Gasteiger partial charge in [-0.05, 0) is 12.0 Å². The van der Waals surface area contributed by atoms with Crippen LogP contribution >= 0.6 is 0 Å². The maximum absolute atomic E-state index is 12.1. The van der Waals surface area contributed by atoms with Gasteiger partial charge in [0.2, 0.25) is 0 Å². The minimum Gasteiger partial charge on any atom is -1.00 e. The summed E-state index contributed by atoms with van der Waals surface area (Å²) in [4.78, 5) is 13.4. The van der Waals surface area contributed by atoms with Crippen LogP contribution in [0.3, 0.4) is 0 Å². The van der Waals surface area contributed by atoms with Crippen LogP contribution in [-0.4, -0.2) is 33.7 Å². The van der Waals surface area contributed by atoms with E-state index in [-0.39, 0.29) is 23.8 Å². The van der Waals surface area contributed by atoms with Crippen LogP contribution in [0.2, 0.25) is 0 Å². The summed E-state index contributed by atoms with van der Waals surface area (Å²) in [6.45, 7) is 1.00. The van der Waals surface area contributed by atoms with Gasteiger partial charge in [-0.3, -0.25) is 4.79 Å². The molecule has 1 aliphatic rings. The minimum atomic E-state index is -0.382. The van der Waals surface area contributed by atoms with Crippen molar-refractivity contribution < 1.29 is 26.8 Å². The molecule has 100 valence electrons. The number of esters is 1. The summed E-state index contributed by atoms with van der Waals surface area (Å²) in [5, 5.41) is 0. The van der Waals surface area contributed by atoms with E-state index in [2.05, 4.69) is 14.1 Å². The van der Waals surface area contributed by atoms with Crippen molar-refractivity contribution in [1.29, 1.82) is 0 Å². The third kappa shape index (κ3) is 2.52. The normalized spacial score (nSPS) is 25.4. The molecule has 2 unspecified atom stereocenters. The number of ether oxygens (including phenoxy) is 1. The first-order valence-corrected chi connectivity index (χ1v) is 6.04. The fourth-order valence-corrected chi connectivity index (χ4v) is 2.71. The minimum absolute atomic E-state index is 0. The highest BCUT2D eigenvalue weighted by Crippen LogP contribution is 2.54. The molecule has 1 aliphatic carbocycles. The monoisotopic (exact) mass is 269 g/mol. The second kappa shape index (κ2) is 5.72. The zero-order valence-corrected chi connectivity index (χ0v) is 11.8. The lowest BCUT2D eigenvalue weighted by molar-refractivity contribution is -0.860. The highest BCUT2D eigenvalue weighted by Gasteiger charge is 2.63. The number of carbonyl (C=O) groups is 1. The smallest absolute Gasteiger partial charge is 0.316 e. The molecule has 0 bridgehead atoms. The molecular formula is C14H20ClNO2. The van der Waals surface area contributed by atoms with E-state index in [0.717, 1.165) is 18.5 Å². The van der Waals surface area contributed by atoms with E-state index in [0.29, 0.717) is 5.92 Å². The molecular weight excluding hydrogens is 250 g/mol. The van der Waals surface area contributed by atoms with E-state index in [1.807, 2.05) is 30.3 Å². The van der Waals surface area contributed by atoms with Crippen LogP contribution < -0.4 is 17.3 Å². The molecule has 0 amide bonds. The molecule has 18 heavy (non-hydrogen) atoms. The summed E-state index contributed by atoms with van der Waals surface area (Å²) in [5.74, 6) is 0.317. The SMILES string of the molecule is COC(=O)C1(c2ccccc2)CC1C[NH+](C)C.[Cl-]. The fourth-order valence-electron chi connectivity index (χ4n) is 2.71. The first-order chi connectivity index (χ1) is 8.11. The number of rotatable bonds is 4. The Morgan fingerprint density at radius 1 is 1.39 bits per heavy atom. The summed E-state index contributed by atoms with van der Waals surface area (Å²) < 4.78 is 5.00. The molecule has 1 fully saturated rings. The molecule has 0 radical (unpaired) electrons. The third-order valence-corrected chi connectivity index (χ3v) is 3.60. The van der Waals surface area contributed by atoms with Gasteiger partial charge in [0, 0.05) is 5.92 Å². The number of nitrogens with one attached hydrogen (secondary N) is 1. The van der Waals surface area contributed by atoms with E-state index < -0.39 is 0 Å². The number of quaternary nitrogens is 1. The Morgan fingerprint density at radius 2 is 2.00 bits per heavy atom. The van der Waals surface area contributed by atoms with E-state index in [9.17, 15) is 4.79 Å². The van der Waals surface area contributed by atoms with Crippen LogP contribution in [0, 0.1) is 5.92 Å². The Labute approximate surface area is 115 Å². The number of carbonyl (C=O) groups excluding carboxylic acids is 1. The average molecular weight is 270 g/mol. The number of methoxy groups -OCH3 is 1. The molecule has 2 atom stereocenters. The van der Waals surface area contributed by atoms with Gasteiger partial charge in [0.25, 0.3) is 0 Å². The summed E-state index contributed by atoms with van der Waals surface area (Å²) in [6, 6.07) is 10.0. The first-order valence-electron chi connectivity index (χ1n) is 6.04. The summed E-state index contributed by atoms with van der Waals surface area (Å²) in [7, 11) is 5.71. The molecule has 0 saturated heterocycles. The summed E-state index contributed by atoms with van der Waals surface area (Å²) >= 11 is 0. The maximum atomic E-state index is 12.1. The van der Waals surface area contributed by atoms with Gasteiger partial charge in [-0.25, -0.2) is 0 Å². The second-order valence-corrected chi connectivity index (χ2v) is 5.14. The molecule has 3 nitrogen and oxygen atoms in total. The average Bonchev–Trinajstić information content (AvgIpc) is 3.03. The van der Waals surface area contributed by atoms with Crippen LogP contribution in [0.25, 0.3) is 0 Å². The van der Waals surface area contributed by atoms with Gasteiger partial charge in [0.1, 0.15) is 5.41 Å². The number of hydrogen-bond donors (Lipinski definition) is 1. The van der Waals surface area contributed by atoms with Crippen molar-refractivity contribution in [2.75, 3.05) is 27.7 Å².